The quantitative estimate of drug-likeness (QED) is 0.782. The molecule has 1 aliphatic rings. The number of halogens is 3. The van der Waals surface area contributed by atoms with Crippen LogP contribution in [0, 0.1) is 0 Å². The van der Waals surface area contributed by atoms with Gasteiger partial charge in [-0.3, -0.25) is 9.48 Å². The third kappa shape index (κ3) is 3.28. The molecule has 1 aliphatic heterocycles. The van der Waals surface area contributed by atoms with Gasteiger partial charge in [0.15, 0.2) is 5.69 Å². The summed E-state index contributed by atoms with van der Waals surface area (Å²) < 4.78 is 47.3. The highest BCUT2D eigenvalue weighted by atomic mass is 19.4. The molecule has 1 saturated heterocycles. The number of aromatic nitrogens is 2. The molecule has 1 aromatic heterocycles. The van der Waals surface area contributed by atoms with Crippen molar-refractivity contribution in [1.82, 2.24) is 9.78 Å². The Morgan fingerprint density at radius 2 is 2.30 bits per heavy atom. The van der Waals surface area contributed by atoms with E-state index in [4.69, 9.17) is 9.47 Å². The van der Waals surface area contributed by atoms with Crippen LogP contribution in [0.2, 0.25) is 0 Å². The summed E-state index contributed by atoms with van der Waals surface area (Å²) in [5, 5.41) is 3.20. The zero-order valence-corrected chi connectivity index (χ0v) is 10.4. The van der Waals surface area contributed by atoms with Crippen molar-refractivity contribution in [3.8, 4) is 0 Å². The molecule has 2 heterocycles. The first kappa shape index (κ1) is 14.4. The smallest absolute Gasteiger partial charge is 0.435 e. The molecule has 0 bridgehead atoms. The summed E-state index contributed by atoms with van der Waals surface area (Å²) in [6, 6.07) is 0.749. The summed E-state index contributed by atoms with van der Waals surface area (Å²) in [7, 11) is 0. The number of hydrogen-bond donors (Lipinski definition) is 0. The van der Waals surface area contributed by atoms with Gasteiger partial charge in [0.25, 0.3) is 0 Å². The second kappa shape index (κ2) is 5.14. The van der Waals surface area contributed by atoms with E-state index in [1.807, 2.05) is 0 Å². The molecule has 2 atom stereocenters. The molecule has 0 amide bonds. The molecule has 20 heavy (non-hydrogen) atoms. The van der Waals surface area contributed by atoms with Gasteiger partial charge in [-0.05, 0) is 13.0 Å². The van der Waals surface area contributed by atoms with E-state index in [-0.39, 0.29) is 12.5 Å². The molecule has 9 heteroatoms. The molecule has 2 rings (SSSR count). The Kier molecular flexibility index (Phi) is 3.69. The molecule has 0 radical (unpaired) electrons. The number of carbonyl (C=O) groups is 2. The fraction of sp³-hybridized carbons (Fsp3) is 0.545. The molecule has 0 aromatic carbocycles. The zero-order chi connectivity index (χ0) is 14.9. The van der Waals surface area contributed by atoms with E-state index in [9.17, 15) is 22.8 Å². The molecule has 110 valence electrons. The molecule has 0 N–H and O–H groups in total. The number of ether oxygens (including phenoxy) is 2. The van der Waals surface area contributed by atoms with Crippen LogP contribution in [0.1, 0.15) is 19.0 Å². The minimum absolute atomic E-state index is 0.234. The van der Waals surface area contributed by atoms with Crippen molar-refractivity contribution in [2.75, 3.05) is 0 Å². The zero-order valence-electron chi connectivity index (χ0n) is 10.4. The number of nitrogens with zero attached hydrogens (tertiary/aromatic N) is 2. The molecule has 2 unspecified atom stereocenters. The van der Waals surface area contributed by atoms with Crippen LogP contribution < -0.4 is 0 Å². The van der Waals surface area contributed by atoms with Crippen molar-refractivity contribution < 1.29 is 32.2 Å². The largest absolute Gasteiger partial charge is 0.460 e. The molecule has 1 fully saturated rings. The van der Waals surface area contributed by atoms with Crippen LogP contribution in [0.25, 0.3) is 0 Å². The standard InChI is InChI=1S/C11H11F3N2O4/c1-6-4-7(10(18)19-6)20-9(17)5-16-3-2-8(15-16)11(12,13)14/h2-3,6-7H,4-5H2,1H3. The van der Waals surface area contributed by atoms with E-state index in [0.717, 1.165) is 16.9 Å². The predicted molar refractivity (Wildman–Crippen MR) is 57.3 cm³/mol. The molecule has 0 spiro atoms. The van der Waals surface area contributed by atoms with Gasteiger partial charge in [0.05, 0.1) is 0 Å². The van der Waals surface area contributed by atoms with Crippen LogP contribution in [0.15, 0.2) is 12.3 Å². The summed E-state index contributed by atoms with van der Waals surface area (Å²) in [5.41, 5.74) is -1.10. The Balaban J connectivity index is 1.92. The van der Waals surface area contributed by atoms with Crippen molar-refractivity contribution in [3.05, 3.63) is 18.0 Å². The van der Waals surface area contributed by atoms with E-state index in [0.29, 0.717) is 0 Å². The average Bonchev–Trinajstić information content (AvgIpc) is 2.86. The van der Waals surface area contributed by atoms with E-state index < -0.39 is 36.5 Å². The van der Waals surface area contributed by atoms with Gasteiger partial charge >= 0.3 is 18.1 Å². The van der Waals surface area contributed by atoms with Gasteiger partial charge in [-0.15, -0.1) is 0 Å². The maximum Gasteiger partial charge on any atom is 0.435 e. The van der Waals surface area contributed by atoms with Crippen molar-refractivity contribution in [1.29, 1.82) is 0 Å². The minimum Gasteiger partial charge on any atom is -0.460 e. The molecular formula is C11H11F3N2O4. The topological polar surface area (TPSA) is 70.4 Å². The van der Waals surface area contributed by atoms with Gasteiger partial charge in [0.1, 0.15) is 12.6 Å². The minimum atomic E-state index is -4.57. The van der Waals surface area contributed by atoms with E-state index in [1.165, 1.54) is 0 Å². The summed E-state index contributed by atoms with van der Waals surface area (Å²) in [5.74, 6) is -1.50. The second-order valence-electron chi connectivity index (χ2n) is 4.36. The van der Waals surface area contributed by atoms with Crippen molar-refractivity contribution in [2.45, 2.75) is 38.3 Å². The molecule has 0 saturated carbocycles. The highest BCUT2D eigenvalue weighted by Crippen LogP contribution is 2.27. The maximum absolute atomic E-state index is 12.3. The van der Waals surface area contributed by atoms with Crippen molar-refractivity contribution in [3.63, 3.8) is 0 Å². The highest BCUT2D eigenvalue weighted by Gasteiger charge is 2.36. The summed E-state index contributed by atoms with van der Waals surface area (Å²) >= 11 is 0. The maximum atomic E-state index is 12.3. The first-order valence-corrected chi connectivity index (χ1v) is 5.76. The number of alkyl halides is 3. The average molecular weight is 292 g/mol. The summed E-state index contributed by atoms with van der Waals surface area (Å²) in [6.45, 7) is 1.14. The van der Waals surface area contributed by atoms with E-state index in [1.54, 1.807) is 6.92 Å². The van der Waals surface area contributed by atoms with Crippen molar-refractivity contribution >= 4 is 11.9 Å². The highest BCUT2D eigenvalue weighted by molar-refractivity contribution is 5.80. The van der Waals surface area contributed by atoms with Gasteiger partial charge in [0.2, 0.25) is 6.10 Å². The number of esters is 2. The van der Waals surface area contributed by atoms with Crippen LogP contribution >= 0.6 is 0 Å². The fourth-order valence-electron chi connectivity index (χ4n) is 1.75. The third-order valence-electron chi connectivity index (χ3n) is 2.62. The van der Waals surface area contributed by atoms with Gasteiger partial charge in [-0.2, -0.15) is 18.3 Å². The SMILES string of the molecule is CC1CC(OC(=O)Cn2ccc(C(F)(F)F)n2)C(=O)O1. The Morgan fingerprint density at radius 3 is 2.80 bits per heavy atom. The first-order valence-electron chi connectivity index (χ1n) is 5.76. The first-order chi connectivity index (χ1) is 9.25. The van der Waals surface area contributed by atoms with Crippen LogP contribution in [0.5, 0.6) is 0 Å². The lowest BCUT2D eigenvalue weighted by atomic mass is 10.2. The van der Waals surface area contributed by atoms with Crippen LogP contribution in [0.4, 0.5) is 13.2 Å². The Labute approximate surface area is 111 Å². The lowest BCUT2D eigenvalue weighted by molar-refractivity contribution is -0.161. The predicted octanol–water partition coefficient (Wildman–Crippen LogP) is 1.15. The number of rotatable bonds is 3. The molecule has 6 nitrogen and oxygen atoms in total. The lowest BCUT2D eigenvalue weighted by Crippen LogP contribution is -2.25. The monoisotopic (exact) mass is 292 g/mol. The van der Waals surface area contributed by atoms with Gasteiger partial charge in [0, 0.05) is 12.6 Å². The fourth-order valence-corrected chi connectivity index (χ4v) is 1.75. The van der Waals surface area contributed by atoms with Crippen molar-refractivity contribution in [2.24, 2.45) is 0 Å². The Morgan fingerprint density at radius 1 is 1.60 bits per heavy atom. The second-order valence-corrected chi connectivity index (χ2v) is 4.36. The van der Waals surface area contributed by atoms with Crippen LogP contribution in [-0.4, -0.2) is 33.9 Å². The van der Waals surface area contributed by atoms with E-state index >= 15 is 0 Å². The summed E-state index contributed by atoms with van der Waals surface area (Å²) in [6.07, 6.45) is -4.67. The molecule has 0 aliphatic carbocycles. The van der Waals surface area contributed by atoms with Gasteiger partial charge < -0.3 is 9.47 Å². The number of carbonyl (C=O) groups excluding carboxylic acids is 2. The lowest BCUT2D eigenvalue weighted by Gasteiger charge is -2.08. The Hall–Kier alpha value is -2.06. The number of hydrogen-bond acceptors (Lipinski definition) is 5. The summed E-state index contributed by atoms with van der Waals surface area (Å²) in [4.78, 5) is 22.7. The Bertz CT molecular complexity index is 526. The molecule has 1 aromatic rings. The van der Waals surface area contributed by atoms with Crippen LogP contribution in [-0.2, 0) is 31.8 Å². The van der Waals surface area contributed by atoms with Gasteiger partial charge in [-0.25, -0.2) is 4.79 Å². The van der Waals surface area contributed by atoms with Crippen LogP contribution in [0.3, 0.4) is 0 Å². The number of cyclic esters (lactones) is 1. The van der Waals surface area contributed by atoms with Gasteiger partial charge in [-0.1, -0.05) is 0 Å². The van der Waals surface area contributed by atoms with E-state index in [2.05, 4.69) is 5.10 Å². The molecular weight excluding hydrogens is 281 g/mol. The normalized spacial score (nSPS) is 22.7. The third-order valence-corrected chi connectivity index (χ3v) is 2.62.